The van der Waals surface area contributed by atoms with Crippen molar-refractivity contribution in [1.82, 2.24) is 19.8 Å². The molecular weight excluding hydrogens is 460 g/mol. The minimum atomic E-state index is -0.197. The van der Waals surface area contributed by atoms with E-state index in [2.05, 4.69) is 34.6 Å². The highest BCUT2D eigenvalue weighted by molar-refractivity contribution is 7.18. The Balaban J connectivity index is 1.20. The molecule has 3 heterocycles. The van der Waals surface area contributed by atoms with Crippen LogP contribution in [0, 0.1) is 0 Å². The molecule has 1 N–H and O–H groups in total. The number of likely N-dealkylation sites (tertiary alicyclic amines) is 1. The SMILES string of the molecule is CCOC(=O)N1CCC(N[C@H]2CCc3c(sc4ncn(CCCc5ccccc5)c(=O)c34)C2)CC1. The van der Waals surface area contributed by atoms with Crippen LogP contribution in [0.2, 0.25) is 0 Å². The van der Waals surface area contributed by atoms with Crippen LogP contribution in [0.3, 0.4) is 0 Å². The molecular formula is C27H34N4O3S. The van der Waals surface area contributed by atoms with Gasteiger partial charge in [0.05, 0.1) is 18.3 Å². The summed E-state index contributed by atoms with van der Waals surface area (Å²) in [5.41, 5.74) is 2.63. The fraction of sp³-hybridized carbons (Fsp3) is 0.519. The van der Waals surface area contributed by atoms with E-state index in [0.717, 1.165) is 68.3 Å². The largest absolute Gasteiger partial charge is 0.450 e. The Morgan fingerprint density at radius 3 is 2.74 bits per heavy atom. The fourth-order valence-electron chi connectivity index (χ4n) is 5.38. The van der Waals surface area contributed by atoms with Crippen LogP contribution >= 0.6 is 11.3 Å². The van der Waals surface area contributed by atoms with Gasteiger partial charge in [0.15, 0.2) is 0 Å². The molecule has 2 aliphatic rings. The molecule has 35 heavy (non-hydrogen) atoms. The van der Waals surface area contributed by atoms with Crippen molar-refractivity contribution in [3.05, 3.63) is 63.0 Å². The summed E-state index contributed by atoms with van der Waals surface area (Å²) in [5, 5.41) is 4.67. The van der Waals surface area contributed by atoms with Crippen LogP contribution in [-0.4, -0.2) is 52.3 Å². The summed E-state index contributed by atoms with van der Waals surface area (Å²) in [6, 6.07) is 11.2. The van der Waals surface area contributed by atoms with Gasteiger partial charge in [-0.25, -0.2) is 9.78 Å². The summed E-state index contributed by atoms with van der Waals surface area (Å²) >= 11 is 1.68. The van der Waals surface area contributed by atoms with Gasteiger partial charge in [0.25, 0.3) is 5.56 Å². The molecule has 1 fully saturated rings. The first-order valence-electron chi connectivity index (χ1n) is 12.8. The lowest BCUT2D eigenvalue weighted by Crippen LogP contribution is -2.49. The fourth-order valence-corrected chi connectivity index (χ4v) is 6.64. The molecule has 1 atom stereocenters. The summed E-state index contributed by atoms with van der Waals surface area (Å²) < 4.78 is 6.92. The molecule has 2 aromatic heterocycles. The lowest BCUT2D eigenvalue weighted by molar-refractivity contribution is 0.0940. The zero-order valence-electron chi connectivity index (χ0n) is 20.4. The average molecular weight is 495 g/mol. The van der Waals surface area contributed by atoms with E-state index in [4.69, 9.17) is 4.74 Å². The Morgan fingerprint density at radius 2 is 1.97 bits per heavy atom. The van der Waals surface area contributed by atoms with Crippen molar-refractivity contribution >= 4 is 27.6 Å². The highest BCUT2D eigenvalue weighted by atomic mass is 32.1. The lowest BCUT2D eigenvalue weighted by atomic mass is 9.91. The van der Waals surface area contributed by atoms with E-state index >= 15 is 0 Å². The number of aromatic nitrogens is 2. The molecule has 3 aromatic rings. The standard InChI is InChI=1S/C27H34N4O3S/c1-2-34-27(33)30-15-12-20(13-16-30)29-21-10-11-22-23(17-21)35-25-24(22)26(32)31(18-28-25)14-6-9-19-7-4-3-5-8-19/h3-5,7-8,18,20-21,29H,2,6,9-17H2,1H3/t21-/m0/s1. The molecule has 7 nitrogen and oxygen atoms in total. The van der Waals surface area contributed by atoms with E-state index in [1.165, 1.54) is 16.0 Å². The summed E-state index contributed by atoms with van der Waals surface area (Å²) in [6.45, 7) is 4.44. The number of aryl methyl sites for hydroxylation is 3. The van der Waals surface area contributed by atoms with Crippen molar-refractivity contribution in [3.8, 4) is 0 Å². The van der Waals surface area contributed by atoms with Crippen molar-refractivity contribution in [3.63, 3.8) is 0 Å². The van der Waals surface area contributed by atoms with Gasteiger partial charge in [-0.15, -0.1) is 11.3 Å². The maximum absolute atomic E-state index is 13.3. The first kappa shape index (κ1) is 24.0. The molecule has 1 aliphatic heterocycles. The molecule has 0 unspecified atom stereocenters. The Morgan fingerprint density at radius 1 is 1.17 bits per heavy atom. The van der Waals surface area contributed by atoms with Gasteiger partial charge in [-0.05, 0) is 63.0 Å². The third-order valence-electron chi connectivity index (χ3n) is 7.24. The average Bonchev–Trinajstić information content (AvgIpc) is 3.25. The van der Waals surface area contributed by atoms with E-state index in [9.17, 15) is 9.59 Å². The monoisotopic (exact) mass is 494 g/mol. The zero-order valence-corrected chi connectivity index (χ0v) is 21.2. The van der Waals surface area contributed by atoms with Crippen LogP contribution < -0.4 is 10.9 Å². The minimum absolute atomic E-state index is 0.110. The Hall–Kier alpha value is -2.71. The van der Waals surface area contributed by atoms with Gasteiger partial charge in [0, 0.05) is 36.6 Å². The number of nitrogens with one attached hydrogen (secondary N) is 1. The van der Waals surface area contributed by atoms with Gasteiger partial charge < -0.3 is 15.0 Å². The smallest absolute Gasteiger partial charge is 0.409 e. The quantitative estimate of drug-likeness (QED) is 0.534. The van der Waals surface area contributed by atoms with Crippen molar-refractivity contribution in [2.45, 2.75) is 70.5 Å². The number of benzene rings is 1. The number of amides is 1. The summed E-state index contributed by atoms with van der Waals surface area (Å²) in [7, 11) is 0. The Bertz CT molecular complexity index is 1210. The number of ether oxygens (including phenoxy) is 1. The number of carbonyl (C=O) groups is 1. The molecule has 1 aliphatic carbocycles. The molecule has 0 bridgehead atoms. The molecule has 1 aromatic carbocycles. The first-order chi connectivity index (χ1) is 17.1. The number of hydrogen-bond donors (Lipinski definition) is 1. The van der Waals surface area contributed by atoms with Gasteiger partial charge in [-0.2, -0.15) is 0 Å². The summed E-state index contributed by atoms with van der Waals surface area (Å²) in [6.07, 6.45) is 8.19. The maximum Gasteiger partial charge on any atom is 0.409 e. The zero-order chi connectivity index (χ0) is 24.2. The second kappa shape index (κ2) is 10.9. The van der Waals surface area contributed by atoms with Crippen LogP contribution in [0.25, 0.3) is 10.2 Å². The van der Waals surface area contributed by atoms with E-state index < -0.39 is 0 Å². The maximum atomic E-state index is 13.3. The second-order valence-corrected chi connectivity index (χ2v) is 10.7. The minimum Gasteiger partial charge on any atom is -0.450 e. The molecule has 1 saturated heterocycles. The Labute approximate surface area is 210 Å². The highest BCUT2D eigenvalue weighted by Gasteiger charge is 2.29. The molecule has 0 saturated carbocycles. The molecule has 1 amide bonds. The highest BCUT2D eigenvalue weighted by Crippen LogP contribution is 2.34. The number of thiophene rings is 1. The third kappa shape index (κ3) is 5.43. The van der Waals surface area contributed by atoms with Crippen molar-refractivity contribution in [1.29, 1.82) is 0 Å². The molecule has 5 rings (SSSR count). The van der Waals surface area contributed by atoms with Gasteiger partial charge in [0.1, 0.15) is 4.83 Å². The number of fused-ring (bicyclic) bond motifs is 3. The van der Waals surface area contributed by atoms with Crippen LogP contribution in [0.5, 0.6) is 0 Å². The number of hydrogen-bond acceptors (Lipinski definition) is 6. The van der Waals surface area contributed by atoms with Gasteiger partial charge in [0.2, 0.25) is 0 Å². The van der Waals surface area contributed by atoms with E-state index in [1.807, 2.05) is 17.9 Å². The van der Waals surface area contributed by atoms with Gasteiger partial charge >= 0.3 is 6.09 Å². The predicted octanol–water partition coefficient (Wildman–Crippen LogP) is 4.16. The predicted molar refractivity (Wildman–Crippen MR) is 139 cm³/mol. The van der Waals surface area contributed by atoms with Crippen LogP contribution in [0.4, 0.5) is 4.79 Å². The first-order valence-corrected chi connectivity index (χ1v) is 13.7. The summed E-state index contributed by atoms with van der Waals surface area (Å²) in [5.74, 6) is 0. The van der Waals surface area contributed by atoms with Gasteiger partial charge in [-0.3, -0.25) is 9.36 Å². The second-order valence-electron chi connectivity index (χ2n) is 9.58. The van der Waals surface area contributed by atoms with Crippen LogP contribution in [0.1, 0.15) is 48.6 Å². The number of carbonyl (C=O) groups excluding carboxylic acids is 1. The van der Waals surface area contributed by atoms with Crippen molar-refractivity contribution in [2.75, 3.05) is 19.7 Å². The number of rotatable bonds is 7. The van der Waals surface area contributed by atoms with Gasteiger partial charge in [-0.1, -0.05) is 30.3 Å². The molecule has 186 valence electrons. The lowest BCUT2D eigenvalue weighted by Gasteiger charge is -2.35. The normalized spacial score (nSPS) is 18.5. The topological polar surface area (TPSA) is 76.5 Å². The summed E-state index contributed by atoms with van der Waals surface area (Å²) in [4.78, 5) is 33.9. The van der Waals surface area contributed by atoms with Crippen LogP contribution in [0.15, 0.2) is 41.5 Å². The number of piperidine rings is 1. The number of nitrogens with zero attached hydrogens (tertiary/aromatic N) is 3. The van der Waals surface area contributed by atoms with E-state index in [-0.39, 0.29) is 11.7 Å². The third-order valence-corrected chi connectivity index (χ3v) is 8.40. The Kier molecular flexibility index (Phi) is 7.48. The van der Waals surface area contributed by atoms with Crippen molar-refractivity contribution in [2.24, 2.45) is 0 Å². The molecule has 0 radical (unpaired) electrons. The van der Waals surface area contributed by atoms with E-state index in [0.29, 0.717) is 25.2 Å². The molecule has 8 heteroatoms. The van der Waals surface area contributed by atoms with Crippen LogP contribution in [-0.2, 0) is 30.5 Å². The van der Waals surface area contributed by atoms with Crippen molar-refractivity contribution < 1.29 is 9.53 Å². The van der Waals surface area contributed by atoms with E-state index in [1.54, 1.807) is 22.2 Å². The molecule has 0 spiro atoms.